The molecule has 4 heteroatoms. The Morgan fingerprint density at radius 2 is 2.27 bits per heavy atom. The second-order valence-electron chi connectivity index (χ2n) is 4.94. The second-order valence-corrected chi connectivity index (χ2v) is 4.94. The number of rotatable bonds is 3. The Kier molecular flexibility index (Phi) is 2.98. The predicted molar refractivity (Wildman–Crippen MR) is 57.9 cm³/mol. The summed E-state index contributed by atoms with van der Waals surface area (Å²) in [7, 11) is 0. The Morgan fingerprint density at radius 1 is 1.53 bits per heavy atom. The van der Waals surface area contributed by atoms with Crippen molar-refractivity contribution in [3.63, 3.8) is 0 Å². The van der Waals surface area contributed by atoms with Crippen LogP contribution in [0.5, 0.6) is 0 Å². The summed E-state index contributed by atoms with van der Waals surface area (Å²) < 4.78 is 0. The smallest absolute Gasteiger partial charge is 0.305 e. The molecule has 4 nitrogen and oxygen atoms in total. The first-order valence-corrected chi connectivity index (χ1v) is 5.83. The summed E-state index contributed by atoms with van der Waals surface area (Å²) in [6.45, 7) is 4.96. The van der Waals surface area contributed by atoms with Gasteiger partial charge in [-0.3, -0.25) is 9.69 Å². The lowest BCUT2D eigenvalue weighted by Crippen LogP contribution is -2.71. The van der Waals surface area contributed by atoms with E-state index in [-0.39, 0.29) is 12.0 Å². The maximum atomic E-state index is 10.9. The molecule has 0 aromatic rings. The Balaban J connectivity index is 2.06. The summed E-state index contributed by atoms with van der Waals surface area (Å²) in [6.07, 6.45) is 3.99. The fraction of sp³-hybridized carbons (Fsp3) is 0.909. The molecule has 15 heavy (non-hydrogen) atoms. The van der Waals surface area contributed by atoms with Crippen LogP contribution in [-0.2, 0) is 4.79 Å². The lowest BCUT2D eigenvalue weighted by Gasteiger charge is -2.54. The highest BCUT2D eigenvalue weighted by molar-refractivity contribution is 5.69. The molecule has 2 fully saturated rings. The highest BCUT2D eigenvalue weighted by Gasteiger charge is 2.46. The first-order chi connectivity index (χ1) is 7.14. The molecule has 2 aliphatic rings. The van der Waals surface area contributed by atoms with Gasteiger partial charge in [0.25, 0.3) is 0 Å². The molecule has 0 amide bonds. The van der Waals surface area contributed by atoms with Gasteiger partial charge in [0.2, 0.25) is 0 Å². The third-order valence-electron chi connectivity index (χ3n) is 3.80. The van der Waals surface area contributed by atoms with Crippen LogP contribution in [-0.4, -0.2) is 47.2 Å². The molecule has 1 unspecified atom stereocenters. The van der Waals surface area contributed by atoms with Crippen molar-refractivity contribution in [3.05, 3.63) is 0 Å². The normalized spacial score (nSPS) is 30.9. The fourth-order valence-electron chi connectivity index (χ4n) is 2.93. The van der Waals surface area contributed by atoms with E-state index in [1.54, 1.807) is 0 Å². The monoisotopic (exact) mass is 212 g/mol. The lowest BCUT2D eigenvalue weighted by atomic mass is 9.83. The molecule has 1 atom stereocenters. The van der Waals surface area contributed by atoms with Gasteiger partial charge < -0.3 is 10.4 Å². The molecule has 2 N–H and O–H groups in total. The number of nitrogens with zero attached hydrogens (tertiary/aromatic N) is 1. The SMILES string of the molecule is CC1CCCCN1C1(CC(=O)O)CNC1. The minimum Gasteiger partial charge on any atom is -0.481 e. The van der Waals surface area contributed by atoms with Gasteiger partial charge >= 0.3 is 5.97 Å². The molecule has 0 aromatic heterocycles. The number of carboxylic acids is 1. The standard InChI is InChI=1S/C11H20N2O2/c1-9-4-2-3-5-13(9)11(6-10(14)15)7-12-8-11/h9,12H,2-8H2,1H3,(H,14,15). The molecule has 0 aliphatic carbocycles. The average molecular weight is 212 g/mol. The molecule has 2 rings (SSSR count). The summed E-state index contributed by atoms with van der Waals surface area (Å²) in [4.78, 5) is 13.3. The number of piperidine rings is 1. The van der Waals surface area contributed by atoms with Gasteiger partial charge in [-0.1, -0.05) is 6.42 Å². The zero-order valence-corrected chi connectivity index (χ0v) is 9.33. The Hall–Kier alpha value is -0.610. The zero-order chi connectivity index (χ0) is 10.9. The Labute approximate surface area is 90.6 Å². The van der Waals surface area contributed by atoms with Crippen LogP contribution < -0.4 is 5.32 Å². The molecule has 0 radical (unpaired) electrons. The third-order valence-corrected chi connectivity index (χ3v) is 3.80. The summed E-state index contributed by atoms with van der Waals surface area (Å²) in [5.41, 5.74) is -0.0916. The van der Waals surface area contributed by atoms with Crippen molar-refractivity contribution in [3.8, 4) is 0 Å². The number of aliphatic carboxylic acids is 1. The van der Waals surface area contributed by atoms with Gasteiger partial charge in [0.1, 0.15) is 0 Å². The Morgan fingerprint density at radius 3 is 2.73 bits per heavy atom. The van der Waals surface area contributed by atoms with E-state index in [9.17, 15) is 4.79 Å². The van der Waals surface area contributed by atoms with Crippen LogP contribution in [0.15, 0.2) is 0 Å². The lowest BCUT2D eigenvalue weighted by molar-refractivity contribution is -0.143. The summed E-state index contributed by atoms with van der Waals surface area (Å²) in [5, 5.41) is 12.2. The second kappa shape index (κ2) is 4.10. The van der Waals surface area contributed by atoms with Gasteiger partial charge in [0.15, 0.2) is 0 Å². The summed E-state index contributed by atoms with van der Waals surface area (Å²) >= 11 is 0. The van der Waals surface area contributed by atoms with Crippen molar-refractivity contribution in [2.75, 3.05) is 19.6 Å². The van der Waals surface area contributed by atoms with Crippen molar-refractivity contribution in [2.24, 2.45) is 0 Å². The molecule has 0 saturated carbocycles. The molecule has 0 bridgehead atoms. The fourth-order valence-corrected chi connectivity index (χ4v) is 2.93. The number of carboxylic acid groups (broad SMARTS) is 1. The van der Waals surface area contributed by atoms with Gasteiger partial charge in [-0.25, -0.2) is 0 Å². The molecule has 2 heterocycles. The maximum absolute atomic E-state index is 10.9. The predicted octanol–water partition coefficient (Wildman–Crippen LogP) is 0.678. The Bertz CT molecular complexity index is 251. The third kappa shape index (κ3) is 2.01. The van der Waals surface area contributed by atoms with Crippen LogP contribution in [0, 0.1) is 0 Å². The molecule has 2 aliphatic heterocycles. The van der Waals surface area contributed by atoms with E-state index in [1.807, 2.05) is 0 Å². The largest absolute Gasteiger partial charge is 0.481 e. The molecular weight excluding hydrogens is 192 g/mol. The van der Waals surface area contributed by atoms with Crippen LogP contribution in [0.3, 0.4) is 0 Å². The van der Waals surface area contributed by atoms with E-state index in [4.69, 9.17) is 5.11 Å². The summed E-state index contributed by atoms with van der Waals surface area (Å²) in [5.74, 6) is -0.672. The van der Waals surface area contributed by atoms with Crippen LogP contribution in [0.25, 0.3) is 0 Å². The zero-order valence-electron chi connectivity index (χ0n) is 9.33. The maximum Gasteiger partial charge on any atom is 0.305 e. The van der Waals surface area contributed by atoms with E-state index in [2.05, 4.69) is 17.1 Å². The molecule has 2 saturated heterocycles. The molecule has 0 spiro atoms. The van der Waals surface area contributed by atoms with E-state index >= 15 is 0 Å². The van der Waals surface area contributed by atoms with E-state index in [0.717, 1.165) is 19.6 Å². The molecule has 86 valence electrons. The van der Waals surface area contributed by atoms with Gasteiger partial charge in [-0.05, 0) is 26.3 Å². The minimum atomic E-state index is -0.672. The summed E-state index contributed by atoms with van der Waals surface area (Å²) in [6, 6.07) is 0.542. The number of likely N-dealkylation sites (tertiary alicyclic amines) is 1. The van der Waals surface area contributed by atoms with Crippen molar-refractivity contribution < 1.29 is 9.90 Å². The number of hydrogen-bond acceptors (Lipinski definition) is 3. The van der Waals surface area contributed by atoms with Crippen LogP contribution in [0.4, 0.5) is 0 Å². The number of hydrogen-bond donors (Lipinski definition) is 2. The van der Waals surface area contributed by atoms with Gasteiger partial charge in [0, 0.05) is 19.1 Å². The van der Waals surface area contributed by atoms with Gasteiger partial charge in [0.05, 0.1) is 12.0 Å². The first-order valence-electron chi connectivity index (χ1n) is 5.83. The van der Waals surface area contributed by atoms with E-state index in [0.29, 0.717) is 6.04 Å². The van der Waals surface area contributed by atoms with Crippen molar-refractivity contribution in [1.82, 2.24) is 10.2 Å². The van der Waals surface area contributed by atoms with Crippen LogP contribution in [0.2, 0.25) is 0 Å². The minimum absolute atomic E-state index is 0.0916. The molecular formula is C11H20N2O2. The number of nitrogens with one attached hydrogen (secondary N) is 1. The first kappa shape index (κ1) is 10.9. The van der Waals surface area contributed by atoms with Gasteiger partial charge in [-0.15, -0.1) is 0 Å². The topological polar surface area (TPSA) is 52.6 Å². The number of carbonyl (C=O) groups is 1. The molecule has 0 aromatic carbocycles. The highest BCUT2D eigenvalue weighted by atomic mass is 16.4. The highest BCUT2D eigenvalue weighted by Crippen LogP contribution is 2.31. The van der Waals surface area contributed by atoms with Crippen molar-refractivity contribution >= 4 is 5.97 Å². The van der Waals surface area contributed by atoms with E-state index < -0.39 is 5.97 Å². The van der Waals surface area contributed by atoms with Crippen molar-refractivity contribution in [1.29, 1.82) is 0 Å². The average Bonchev–Trinajstić information content (AvgIpc) is 2.12. The van der Waals surface area contributed by atoms with E-state index in [1.165, 1.54) is 19.3 Å². The van der Waals surface area contributed by atoms with Gasteiger partial charge in [-0.2, -0.15) is 0 Å². The van der Waals surface area contributed by atoms with Crippen LogP contribution >= 0.6 is 0 Å². The van der Waals surface area contributed by atoms with Crippen LogP contribution in [0.1, 0.15) is 32.6 Å². The quantitative estimate of drug-likeness (QED) is 0.722. The van der Waals surface area contributed by atoms with Crippen molar-refractivity contribution in [2.45, 2.75) is 44.2 Å².